The first-order valence-electron chi connectivity index (χ1n) is 16.5. The molecule has 0 bridgehead atoms. The van der Waals surface area contributed by atoms with Gasteiger partial charge in [0, 0.05) is 29.6 Å². The van der Waals surface area contributed by atoms with Gasteiger partial charge in [-0.2, -0.15) is 0 Å². The summed E-state index contributed by atoms with van der Waals surface area (Å²) in [5.74, 6) is 1.05. The van der Waals surface area contributed by atoms with Gasteiger partial charge in [0.15, 0.2) is 0 Å². The van der Waals surface area contributed by atoms with E-state index in [1.54, 1.807) is 11.8 Å². The van der Waals surface area contributed by atoms with Crippen LogP contribution in [0.15, 0.2) is 114 Å². The maximum absolute atomic E-state index is 13.9. The molecule has 48 heavy (non-hydrogen) atoms. The lowest BCUT2D eigenvalue weighted by atomic mass is 9.75. The van der Waals surface area contributed by atoms with Crippen molar-refractivity contribution < 1.29 is 9.53 Å². The fourth-order valence-electron chi connectivity index (χ4n) is 6.45. The summed E-state index contributed by atoms with van der Waals surface area (Å²) in [7, 11) is 0. The number of ether oxygens (including phenoxy) is 1. The second kappa shape index (κ2) is 14.7. The van der Waals surface area contributed by atoms with Gasteiger partial charge in [-0.15, -0.1) is 11.8 Å². The number of benzene rings is 4. The zero-order valence-corrected chi connectivity index (χ0v) is 28.6. The zero-order chi connectivity index (χ0) is 33.6. The van der Waals surface area contributed by atoms with Gasteiger partial charge >= 0.3 is 0 Å². The lowest BCUT2D eigenvalue weighted by Crippen LogP contribution is -2.59. The minimum absolute atomic E-state index is 0.122. The number of nitrogens with one attached hydrogen (secondary N) is 2. The molecular weight excluding hydrogens is 615 g/mol. The molecule has 1 fully saturated rings. The van der Waals surface area contributed by atoms with Gasteiger partial charge in [0.2, 0.25) is 5.95 Å². The van der Waals surface area contributed by atoms with Crippen molar-refractivity contribution in [1.82, 2.24) is 20.6 Å². The van der Waals surface area contributed by atoms with Gasteiger partial charge in [0.25, 0.3) is 5.91 Å². The van der Waals surface area contributed by atoms with E-state index >= 15 is 0 Å². The van der Waals surface area contributed by atoms with Crippen LogP contribution in [0.3, 0.4) is 0 Å². The van der Waals surface area contributed by atoms with Crippen LogP contribution < -0.4 is 16.4 Å². The highest BCUT2D eigenvalue weighted by Gasteiger charge is 2.43. The first-order valence-corrected chi connectivity index (χ1v) is 17.5. The minimum Gasteiger partial charge on any atom is -0.380 e. The van der Waals surface area contributed by atoms with E-state index in [2.05, 4.69) is 100 Å². The van der Waals surface area contributed by atoms with Crippen LogP contribution in [-0.4, -0.2) is 47.9 Å². The summed E-state index contributed by atoms with van der Waals surface area (Å²) in [4.78, 5) is 22.8. The normalized spacial score (nSPS) is 13.9. The highest BCUT2D eigenvalue weighted by atomic mass is 32.2. The van der Waals surface area contributed by atoms with Gasteiger partial charge < -0.3 is 15.8 Å². The smallest absolute Gasteiger partial charge is 0.251 e. The summed E-state index contributed by atoms with van der Waals surface area (Å²) in [5.41, 5.74) is 12.8. The molecule has 2 heterocycles. The maximum Gasteiger partial charge on any atom is 0.251 e. The third kappa shape index (κ3) is 7.02. The van der Waals surface area contributed by atoms with Crippen LogP contribution in [0.4, 0.5) is 5.95 Å². The molecule has 1 saturated heterocycles. The topological polar surface area (TPSA) is 102 Å². The Morgan fingerprint density at radius 2 is 1.42 bits per heavy atom. The molecule has 6 rings (SSSR count). The van der Waals surface area contributed by atoms with Gasteiger partial charge in [-0.25, -0.2) is 9.97 Å². The Bertz CT molecular complexity index is 1750. The predicted octanol–water partition coefficient (Wildman–Crippen LogP) is 7.17. The molecule has 1 aliphatic heterocycles. The highest BCUT2D eigenvalue weighted by molar-refractivity contribution is 7.99. The van der Waals surface area contributed by atoms with Crippen molar-refractivity contribution in [1.29, 1.82) is 0 Å². The number of rotatable bonds is 13. The third-order valence-electron chi connectivity index (χ3n) is 9.06. The van der Waals surface area contributed by atoms with Crippen LogP contribution >= 0.6 is 11.8 Å². The minimum atomic E-state index is -0.605. The quantitative estimate of drug-likeness (QED) is 0.0701. The summed E-state index contributed by atoms with van der Waals surface area (Å²) in [6, 6.07) is 37.6. The van der Waals surface area contributed by atoms with Crippen LogP contribution in [0, 0.1) is 19.3 Å². The van der Waals surface area contributed by atoms with Gasteiger partial charge in [-0.1, -0.05) is 104 Å². The maximum atomic E-state index is 13.9. The SMILES string of the molecule is CCCSc1cc(-c2cc(C(=O)NCC3(CNC(c4ccccc4)(c4ccccc4)c4ccccc4)COC3)c(C)cc2C)nc(N)n1. The Hall–Kier alpha value is -4.50. The Morgan fingerprint density at radius 3 is 1.94 bits per heavy atom. The molecule has 5 aromatic rings. The van der Waals surface area contributed by atoms with E-state index in [0.29, 0.717) is 31.9 Å². The van der Waals surface area contributed by atoms with Gasteiger partial charge in [0.1, 0.15) is 5.03 Å². The molecule has 7 nitrogen and oxygen atoms in total. The fraction of sp³-hybridized carbons (Fsp3) is 0.275. The number of hydrogen-bond acceptors (Lipinski definition) is 7. The number of aromatic nitrogens is 2. The molecule has 8 heteroatoms. The summed E-state index contributed by atoms with van der Waals surface area (Å²) < 4.78 is 5.81. The number of thioether (sulfide) groups is 1. The van der Waals surface area contributed by atoms with E-state index in [4.69, 9.17) is 10.5 Å². The van der Waals surface area contributed by atoms with Crippen molar-refractivity contribution in [3.63, 3.8) is 0 Å². The lowest BCUT2D eigenvalue weighted by molar-refractivity contribution is -0.109. The summed E-state index contributed by atoms with van der Waals surface area (Å²) in [6.45, 7) is 8.33. The number of carbonyl (C=O) groups excluding carboxylic acids is 1. The molecule has 0 spiro atoms. The van der Waals surface area contributed by atoms with Crippen molar-refractivity contribution in [3.05, 3.63) is 143 Å². The standard InChI is InChI=1S/C40H43N5O2S/c1-4-20-48-36-23-35(44-38(41)45-36)33-22-34(29(3)21-28(33)2)37(46)42-24-39(26-47-27-39)25-43-40(30-14-8-5-9-15-30,31-16-10-6-11-17-31)32-18-12-7-13-19-32/h5-19,21-23,43H,4,20,24-27H2,1-3H3,(H,42,46)(H2,41,44,45). The molecule has 1 aliphatic rings. The summed E-state index contributed by atoms with van der Waals surface area (Å²) >= 11 is 1.66. The molecule has 4 aromatic carbocycles. The fourth-order valence-corrected chi connectivity index (χ4v) is 7.21. The monoisotopic (exact) mass is 657 g/mol. The van der Waals surface area contributed by atoms with E-state index in [1.807, 2.05) is 50.2 Å². The van der Waals surface area contributed by atoms with E-state index < -0.39 is 5.54 Å². The van der Waals surface area contributed by atoms with Gasteiger partial charge in [-0.05, 0) is 66.0 Å². The van der Waals surface area contributed by atoms with E-state index in [-0.39, 0.29) is 17.3 Å². The van der Waals surface area contributed by atoms with E-state index in [9.17, 15) is 4.79 Å². The van der Waals surface area contributed by atoms with E-state index in [0.717, 1.165) is 56.3 Å². The molecule has 0 saturated carbocycles. The Balaban J connectivity index is 1.26. The second-order valence-electron chi connectivity index (χ2n) is 12.7. The zero-order valence-electron chi connectivity index (χ0n) is 27.8. The Labute approximate surface area is 287 Å². The average molecular weight is 658 g/mol. The van der Waals surface area contributed by atoms with E-state index in [1.165, 1.54) is 0 Å². The largest absolute Gasteiger partial charge is 0.380 e. The number of amides is 1. The van der Waals surface area contributed by atoms with Crippen LogP contribution in [-0.2, 0) is 10.3 Å². The highest BCUT2D eigenvalue weighted by Crippen LogP contribution is 2.38. The molecule has 4 N–H and O–H groups in total. The predicted molar refractivity (Wildman–Crippen MR) is 195 cm³/mol. The lowest BCUT2D eigenvalue weighted by Gasteiger charge is -2.46. The average Bonchev–Trinajstić information content (AvgIpc) is 3.09. The molecule has 0 unspecified atom stereocenters. The van der Waals surface area contributed by atoms with Crippen molar-refractivity contribution in [2.75, 3.05) is 37.8 Å². The van der Waals surface area contributed by atoms with Crippen LogP contribution in [0.25, 0.3) is 11.3 Å². The number of hydrogen-bond donors (Lipinski definition) is 3. The van der Waals surface area contributed by atoms with Crippen molar-refractivity contribution >= 4 is 23.6 Å². The van der Waals surface area contributed by atoms with Crippen molar-refractivity contribution in [2.24, 2.45) is 5.41 Å². The molecule has 0 atom stereocenters. The van der Waals surface area contributed by atoms with Gasteiger partial charge in [0.05, 0.1) is 24.4 Å². The van der Waals surface area contributed by atoms with Crippen molar-refractivity contribution in [3.8, 4) is 11.3 Å². The summed E-state index contributed by atoms with van der Waals surface area (Å²) in [5, 5.41) is 8.11. The third-order valence-corrected chi connectivity index (χ3v) is 10.2. The molecule has 0 radical (unpaired) electrons. The first-order chi connectivity index (χ1) is 23.3. The second-order valence-corrected chi connectivity index (χ2v) is 13.8. The molecule has 0 aliphatic carbocycles. The number of nitrogens with two attached hydrogens (primary N) is 1. The molecular formula is C40H43N5O2S. The summed E-state index contributed by atoms with van der Waals surface area (Å²) in [6.07, 6.45) is 1.03. The Kier molecular flexibility index (Phi) is 10.2. The van der Waals surface area contributed by atoms with Crippen LogP contribution in [0.2, 0.25) is 0 Å². The first kappa shape index (κ1) is 33.4. The van der Waals surface area contributed by atoms with Crippen molar-refractivity contribution in [2.45, 2.75) is 37.8 Å². The number of aryl methyl sites for hydroxylation is 2. The number of carbonyl (C=O) groups is 1. The number of anilines is 1. The van der Waals surface area contributed by atoms with Crippen LogP contribution in [0.5, 0.6) is 0 Å². The Morgan fingerprint density at radius 1 is 0.833 bits per heavy atom. The number of nitrogen functional groups attached to an aromatic ring is 1. The van der Waals surface area contributed by atoms with Gasteiger partial charge in [-0.3, -0.25) is 10.1 Å². The van der Waals surface area contributed by atoms with Crippen LogP contribution in [0.1, 0.15) is 51.5 Å². The molecule has 246 valence electrons. The number of nitrogens with zero attached hydrogens (tertiary/aromatic N) is 2. The molecule has 1 aromatic heterocycles. The molecule has 1 amide bonds.